The number of ether oxygens (including phenoxy) is 4. The normalized spacial score (nSPS) is 43.5. The first-order valence-electron chi connectivity index (χ1n) is 13.6. The first-order valence-corrected chi connectivity index (χ1v) is 13.6. The Morgan fingerprint density at radius 3 is 2.23 bits per heavy atom. The van der Waals surface area contributed by atoms with E-state index in [-0.39, 0.29) is 41.4 Å². The van der Waals surface area contributed by atoms with Gasteiger partial charge in [0.2, 0.25) is 0 Å². The van der Waals surface area contributed by atoms with E-state index < -0.39 is 57.1 Å². The summed E-state index contributed by atoms with van der Waals surface area (Å²) in [5.41, 5.74) is -5.02. The van der Waals surface area contributed by atoms with Crippen molar-refractivity contribution in [3.05, 3.63) is 23.0 Å². The Bertz CT molecular complexity index is 1290. The number of hydrogen-bond acceptors (Lipinski definition) is 9. The molecular formula is C30H38O9. The Morgan fingerprint density at radius 1 is 1.03 bits per heavy atom. The lowest BCUT2D eigenvalue weighted by atomic mass is 9.33. The molecule has 9 nitrogen and oxygen atoms in total. The van der Waals surface area contributed by atoms with Gasteiger partial charge in [-0.3, -0.25) is 24.0 Å². The minimum absolute atomic E-state index is 0.00357. The van der Waals surface area contributed by atoms with E-state index in [2.05, 4.69) is 0 Å². The summed E-state index contributed by atoms with van der Waals surface area (Å²) in [5, 5.41) is 0. The summed E-state index contributed by atoms with van der Waals surface area (Å²) in [7, 11) is 1.26. The molecule has 39 heavy (non-hydrogen) atoms. The lowest BCUT2D eigenvalue weighted by Gasteiger charge is -2.66. The molecule has 0 N–H and O–H groups in total. The van der Waals surface area contributed by atoms with Gasteiger partial charge in [0, 0.05) is 42.1 Å². The van der Waals surface area contributed by atoms with Gasteiger partial charge in [-0.2, -0.15) is 0 Å². The minimum atomic E-state index is -1.70. The third-order valence-corrected chi connectivity index (χ3v) is 11.2. The van der Waals surface area contributed by atoms with E-state index in [4.69, 9.17) is 18.9 Å². The molecule has 0 aromatic heterocycles. The van der Waals surface area contributed by atoms with Gasteiger partial charge in [-0.15, -0.1) is 0 Å². The van der Waals surface area contributed by atoms with Crippen LogP contribution in [0.1, 0.15) is 74.7 Å². The van der Waals surface area contributed by atoms with Crippen molar-refractivity contribution < 1.29 is 42.9 Å². The van der Waals surface area contributed by atoms with Crippen LogP contribution in [0.25, 0.3) is 0 Å². The molecule has 0 aromatic rings. The Kier molecular flexibility index (Phi) is 5.69. The van der Waals surface area contributed by atoms with Crippen LogP contribution in [0.3, 0.4) is 0 Å². The Labute approximate surface area is 228 Å². The molecule has 0 amide bonds. The molecule has 0 spiro atoms. The summed E-state index contributed by atoms with van der Waals surface area (Å²) in [6.07, 6.45) is 2.02. The first-order chi connectivity index (χ1) is 18.0. The van der Waals surface area contributed by atoms with Crippen LogP contribution in [-0.4, -0.2) is 49.0 Å². The van der Waals surface area contributed by atoms with Crippen molar-refractivity contribution in [2.75, 3.05) is 7.11 Å². The van der Waals surface area contributed by atoms with E-state index >= 15 is 0 Å². The van der Waals surface area contributed by atoms with Crippen molar-refractivity contribution in [1.29, 1.82) is 0 Å². The van der Waals surface area contributed by atoms with Crippen LogP contribution in [-0.2, 0) is 42.9 Å². The fraction of sp³-hybridized carbons (Fsp3) is 0.700. The lowest BCUT2D eigenvalue weighted by molar-refractivity contribution is -0.218. The molecular weight excluding hydrogens is 504 g/mol. The largest absolute Gasteiger partial charge is 0.468 e. The van der Waals surface area contributed by atoms with Gasteiger partial charge in [0.25, 0.3) is 0 Å². The number of methoxy groups -OCH3 is 1. The second-order valence-electron chi connectivity index (χ2n) is 13.1. The molecule has 5 rings (SSSR count). The highest BCUT2D eigenvalue weighted by molar-refractivity contribution is 6.12. The number of carbonyl (C=O) groups is 5. The molecule has 1 aliphatic heterocycles. The van der Waals surface area contributed by atoms with Crippen LogP contribution in [0.4, 0.5) is 0 Å². The van der Waals surface area contributed by atoms with E-state index in [0.29, 0.717) is 18.4 Å². The molecule has 4 aliphatic carbocycles. The Balaban J connectivity index is 1.82. The van der Waals surface area contributed by atoms with Crippen molar-refractivity contribution in [3.8, 4) is 0 Å². The van der Waals surface area contributed by atoms with Gasteiger partial charge in [0.1, 0.15) is 23.4 Å². The fourth-order valence-corrected chi connectivity index (χ4v) is 9.85. The highest BCUT2D eigenvalue weighted by Crippen LogP contribution is 2.79. The molecule has 8 atom stereocenters. The standard InChI is InChI=1S/C30H38O9/c1-14-12-19-27(7,30(25(35)36-9)23(38-17(4)32)15(2)22(33)28(14,30)8)13-18-21-26(5,6)20(37-16(3)31)10-11-29(19,21)24(34)39-18/h12,18-21H,10-11,13H2,1-9H3. The third-order valence-electron chi connectivity index (χ3n) is 11.2. The number of esters is 4. The fourth-order valence-electron chi connectivity index (χ4n) is 9.85. The Hall–Kier alpha value is -2.97. The zero-order valence-electron chi connectivity index (χ0n) is 24.2. The predicted molar refractivity (Wildman–Crippen MR) is 136 cm³/mol. The molecule has 0 aromatic carbocycles. The highest BCUT2D eigenvalue weighted by Gasteiger charge is 2.85. The van der Waals surface area contributed by atoms with Crippen molar-refractivity contribution >= 4 is 29.7 Å². The molecule has 1 saturated heterocycles. The minimum Gasteiger partial charge on any atom is -0.468 e. The molecule has 5 aliphatic rings. The van der Waals surface area contributed by atoms with Gasteiger partial charge in [-0.05, 0) is 40.0 Å². The smallest absolute Gasteiger partial charge is 0.321 e. The summed E-state index contributed by atoms with van der Waals surface area (Å²) >= 11 is 0. The van der Waals surface area contributed by atoms with Crippen molar-refractivity contribution in [2.24, 2.45) is 38.9 Å². The topological polar surface area (TPSA) is 122 Å². The number of hydrogen-bond donors (Lipinski definition) is 0. The quantitative estimate of drug-likeness (QED) is 0.297. The van der Waals surface area contributed by atoms with Crippen LogP contribution in [0, 0.1) is 38.9 Å². The number of Topliss-reactive ketones (excluding diaryl/α,β-unsaturated/α-hetero) is 1. The SMILES string of the molecule is COC(=O)C12C(OC(C)=O)=C(C)C(=O)C1(C)C(C)=CC1C34CCC(OC(C)=O)C(C)(C)C3C(CC12C)OC4=O. The van der Waals surface area contributed by atoms with Gasteiger partial charge in [-0.25, -0.2) is 0 Å². The Morgan fingerprint density at radius 2 is 1.67 bits per heavy atom. The zero-order valence-corrected chi connectivity index (χ0v) is 24.2. The molecule has 0 radical (unpaired) electrons. The zero-order chi connectivity index (χ0) is 29.1. The average molecular weight is 543 g/mol. The maximum atomic E-state index is 14.2. The van der Waals surface area contributed by atoms with Crippen molar-refractivity contribution in [2.45, 2.75) is 86.9 Å². The summed E-state index contributed by atoms with van der Waals surface area (Å²) in [6, 6.07) is 0. The van der Waals surface area contributed by atoms with Crippen LogP contribution in [0.15, 0.2) is 23.0 Å². The second kappa shape index (κ2) is 8.04. The summed E-state index contributed by atoms with van der Waals surface area (Å²) in [6.45, 7) is 13.6. The van der Waals surface area contributed by atoms with Gasteiger partial charge >= 0.3 is 23.9 Å². The predicted octanol–water partition coefficient (Wildman–Crippen LogP) is 3.84. The van der Waals surface area contributed by atoms with Crippen LogP contribution in [0.5, 0.6) is 0 Å². The summed E-state index contributed by atoms with van der Waals surface area (Å²) in [4.78, 5) is 66.6. The number of carbonyl (C=O) groups excluding carboxylic acids is 5. The van der Waals surface area contributed by atoms with Gasteiger partial charge in [-0.1, -0.05) is 32.4 Å². The first kappa shape index (κ1) is 27.6. The third kappa shape index (κ3) is 2.84. The maximum Gasteiger partial charge on any atom is 0.321 e. The maximum absolute atomic E-state index is 14.2. The number of allylic oxidation sites excluding steroid dienone is 3. The molecule has 8 unspecified atom stereocenters. The van der Waals surface area contributed by atoms with Gasteiger partial charge in [0.15, 0.2) is 5.78 Å². The average Bonchev–Trinajstić information content (AvgIpc) is 3.17. The number of ketones is 1. The molecule has 9 heteroatoms. The number of fused-ring (bicyclic) bond motifs is 3. The van der Waals surface area contributed by atoms with Gasteiger partial charge in [0.05, 0.1) is 17.9 Å². The molecule has 2 saturated carbocycles. The van der Waals surface area contributed by atoms with E-state index in [1.807, 2.05) is 26.8 Å². The number of rotatable bonds is 3. The molecule has 3 fully saturated rings. The van der Waals surface area contributed by atoms with E-state index in [9.17, 15) is 24.0 Å². The van der Waals surface area contributed by atoms with Crippen molar-refractivity contribution in [3.63, 3.8) is 0 Å². The van der Waals surface area contributed by atoms with E-state index in [1.54, 1.807) is 20.8 Å². The van der Waals surface area contributed by atoms with Crippen LogP contribution in [0.2, 0.25) is 0 Å². The highest BCUT2D eigenvalue weighted by atomic mass is 16.6. The molecule has 1 heterocycles. The summed E-state index contributed by atoms with van der Waals surface area (Å²) in [5.74, 6) is -3.21. The van der Waals surface area contributed by atoms with E-state index in [0.717, 1.165) is 0 Å². The monoisotopic (exact) mass is 542 g/mol. The van der Waals surface area contributed by atoms with E-state index in [1.165, 1.54) is 21.0 Å². The van der Waals surface area contributed by atoms with Crippen LogP contribution < -0.4 is 0 Å². The second-order valence-corrected chi connectivity index (χ2v) is 13.1. The van der Waals surface area contributed by atoms with Crippen LogP contribution >= 0.6 is 0 Å². The van der Waals surface area contributed by atoms with Crippen molar-refractivity contribution in [1.82, 2.24) is 0 Å². The van der Waals surface area contributed by atoms with Gasteiger partial charge < -0.3 is 18.9 Å². The molecule has 212 valence electrons. The lowest BCUT2D eigenvalue weighted by Crippen LogP contribution is -2.71. The molecule has 2 bridgehead atoms. The summed E-state index contributed by atoms with van der Waals surface area (Å²) < 4.78 is 23.1.